The molecular formula is C22H20F3NO4. The predicted octanol–water partition coefficient (Wildman–Crippen LogP) is 4.66. The lowest BCUT2D eigenvalue weighted by atomic mass is 9.90. The Balaban J connectivity index is 1.49. The van der Waals surface area contributed by atoms with Gasteiger partial charge in [-0.05, 0) is 35.1 Å². The molecule has 1 aliphatic heterocycles. The molecule has 5 nitrogen and oxygen atoms in total. The Hall–Kier alpha value is -3.03. The van der Waals surface area contributed by atoms with Crippen molar-refractivity contribution in [1.82, 2.24) is 4.90 Å². The fourth-order valence-electron chi connectivity index (χ4n) is 4.39. The summed E-state index contributed by atoms with van der Waals surface area (Å²) in [6.45, 7) is -0.323. The van der Waals surface area contributed by atoms with Gasteiger partial charge in [-0.15, -0.1) is 0 Å². The molecule has 1 amide bonds. The van der Waals surface area contributed by atoms with Crippen molar-refractivity contribution in [3.63, 3.8) is 0 Å². The second-order valence-corrected chi connectivity index (χ2v) is 7.61. The molecule has 158 valence electrons. The quantitative estimate of drug-likeness (QED) is 0.786. The third-order valence-corrected chi connectivity index (χ3v) is 5.92. The highest BCUT2D eigenvalue weighted by Gasteiger charge is 2.47. The number of piperidine rings is 1. The van der Waals surface area contributed by atoms with Gasteiger partial charge in [-0.1, -0.05) is 48.5 Å². The van der Waals surface area contributed by atoms with Gasteiger partial charge in [0.1, 0.15) is 12.6 Å². The van der Waals surface area contributed by atoms with E-state index in [4.69, 9.17) is 4.74 Å². The zero-order valence-corrected chi connectivity index (χ0v) is 15.9. The molecule has 2 aliphatic rings. The van der Waals surface area contributed by atoms with Crippen molar-refractivity contribution < 1.29 is 32.6 Å². The van der Waals surface area contributed by atoms with Crippen LogP contribution < -0.4 is 0 Å². The van der Waals surface area contributed by atoms with E-state index in [1.54, 1.807) is 0 Å². The number of nitrogens with zero attached hydrogens (tertiary/aromatic N) is 1. The monoisotopic (exact) mass is 419 g/mol. The van der Waals surface area contributed by atoms with Crippen molar-refractivity contribution in [1.29, 1.82) is 0 Å². The van der Waals surface area contributed by atoms with Crippen LogP contribution in [-0.2, 0) is 9.53 Å². The third kappa shape index (κ3) is 3.62. The minimum absolute atomic E-state index is 0.0155. The zero-order chi connectivity index (χ0) is 21.5. The molecule has 30 heavy (non-hydrogen) atoms. The summed E-state index contributed by atoms with van der Waals surface area (Å²) in [6.07, 6.45) is -6.38. The number of carboxylic acids is 1. The number of rotatable bonds is 3. The van der Waals surface area contributed by atoms with Crippen LogP contribution in [0, 0.1) is 5.92 Å². The number of likely N-dealkylation sites (tertiary alicyclic amines) is 1. The van der Waals surface area contributed by atoms with E-state index in [0.29, 0.717) is 0 Å². The maximum Gasteiger partial charge on any atom is 0.410 e. The van der Waals surface area contributed by atoms with Crippen molar-refractivity contribution in [3.05, 3.63) is 59.7 Å². The average Bonchev–Trinajstić information content (AvgIpc) is 3.04. The molecule has 1 fully saturated rings. The third-order valence-electron chi connectivity index (χ3n) is 5.92. The summed E-state index contributed by atoms with van der Waals surface area (Å²) in [6, 6.07) is 13.9. The smallest absolute Gasteiger partial charge is 0.410 e. The zero-order valence-electron chi connectivity index (χ0n) is 15.9. The molecule has 2 aromatic carbocycles. The van der Waals surface area contributed by atoms with E-state index >= 15 is 0 Å². The van der Waals surface area contributed by atoms with Gasteiger partial charge in [0.25, 0.3) is 0 Å². The lowest BCUT2D eigenvalue weighted by Crippen LogP contribution is -2.52. The molecule has 0 spiro atoms. The number of hydrogen-bond acceptors (Lipinski definition) is 3. The van der Waals surface area contributed by atoms with Crippen molar-refractivity contribution in [2.45, 2.75) is 31.0 Å². The molecule has 1 saturated heterocycles. The van der Waals surface area contributed by atoms with Gasteiger partial charge in [-0.3, -0.25) is 4.90 Å². The molecule has 0 bridgehead atoms. The molecule has 4 rings (SSSR count). The standard InChI is InChI=1S/C22H20F3NO4/c23-22(24,25)13-9-10-26(19(11-13)20(27)28)21(29)30-12-18-16-7-3-1-5-14(16)15-6-2-4-8-17(15)18/h1-8,13,18-19H,9-12H2,(H,27,28). The van der Waals surface area contributed by atoms with Crippen LogP contribution in [-0.4, -0.2) is 47.4 Å². The van der Waals surface area contributed by atoms with Crippen LogP contribution in [0.2, 0.25) is 0 Å². The van der Waals surface area contributed by atoms with Crippen LogP contribution in [0.15, 0.2) is 48.5 Å². The molecule has 2 unspecified atom stereocenters. The van der Waals surface area contributed by atoms with Crippen LogP contribution >= 0.6 is 0 Å². The average molecular weight is 419 g/mol. The van der Waals surface area contributed by atoms with Gasteiger partial charge < -0.3 is 9.84 Å². The Labute approximate surface area is 171 Å². The Kier molecular flexibility index (Phi) is 5.17. The van der Waals surface area contributed by atoms with Gasteiger partial charge in [0.15, 0.2) is 0 Å². The first-order valence-corrected chi connectivity index (χ1v) is 9.68. The summed E-state index contributed by atoms with van der Waals surface area (Å²) in [4.78, 5) is 25.0. The van der Waals surface area contributed by atoms with Gasteiger partial charge >= 0.3 is 18.2 Å². The van der Waals surface area contributed by atoms with Crippen LogP contribution in [0.5, 0.6) is 0 Å². The highest BCUT2D eigenvalue weighted by atomic mass is 19.4. The Bertz CT molecular complexity index is 929. The number of carbonyl (C=O) groups excluding carboxylic acids is 1. The van der Waals surface area contributed by atoms with Crippen molar-refractivity contribution in [2.75, 3.05) is 13.2 Å². The number of hydrogen-bond donors (Lipinski definition) is 1. The minimum Gasteiger partial charge on any atom is -0.480 e. The molecule has 1 N–H and O–H groups in total. The molecule has 8 heteroatoms. The van der Waals surface area contributed by atoms with E-state index in [0.717, 1.165) is 27.2 Å². The first kappa shape index (κ1) is 20.3. The summed E-state index contributed by atoms with van der Waals surface area (Å²) in [7, 11) is 0. The lowest BCUT2D eigenvalue weighted by molar-refractivity contribution is -0.191. The normalized spacial score (nSPS) is 21.1. The van der Waals surface area contributed by atoms with E-state index in [1.807, 2.05) is 48.5 Å². The number of carbonyl (C=O) groups is 2. The first-order valence-electron chi connectivity index (χ1n) is 9.68. The van der Waals surface area contributed by atoms with Crippen molar-refractivity contribution in [3.8, 4) is 11.1 Å². The predicted molar refractivity (Wildman–Crippen MR) is 102 cm³/mol. The van der Waals surface area contributed by atoms with E-state index in [9.17, 15) is 27.9 Å². The van der Waals surface area contributed by atoms with E-state index in [2.05, 4.69) is 0 Å². The van der Waals surface area contributed by atoms with Crippen molar-refractivity contribution in [2.24, 2.45) is 5.92 Å². The summed E-state index contributed by atoms with van der Waals surface area (Å²) < 4.78 is 44.5. The maximum atomic E-state index is 13.0. The summed E-state index contributed by atoms with van der Waals surface area (Å²) >= 11 is 0. The summed E-state index contributed by atoms with van der Waals surface area (Å²) in [5.74, 6) is -3.41. The topological polar surface area (TPSA) is 66.8 Å². The molecule has 1 heterocycles. The van der Waals surface area contributed by atoms with Gasteiger partial charge in [0.2, 0.25) is 0 Å². The Morgan fingerprint density at radius 2 is 1.60 bits per heavy atom. The largest absolute Gasteiger partial charge is 0.480 e. The number of carboxylic acid groups (broad SMARTS) is 1. The van der Waals surface area contributed by atoms with Gasteiger partial charge in [-0.25, -0.2) is 9.59 Å². The summed E-state index contributed by atoms with van der Waals surface area (Å²) in [5.41, 5.74) is 4.08. The van der Waals surface area contributed by atoms with Crippen LogP contribution in [0.3, 0.4) is 0 Å². The van der Waals surface area contributed by atoms with Crippen LogP contribution in [0.4, 0.5) is 18.0 Å². The highest BCUT2D eigenvalue weighted by molar-refractivity contribution is 5.81. The number of halogens is 3. The Morgan fingerprint density at radius 3 is 2.13 bits per heavy atom. The Morgan fingerprint density at radius 1 is 1.03 bits per heavy atom. The SMILES string of the molecule is O=C(O)C1CC(C(F)(F)F)CCN1C(=O)OCC1c2ccccc2-c2ccccc21. The highest BCUT2D eigenvalue weighted by Crippen LogP contribution is 2.44. The lowest BCUT2D eigenvalue weighted by Gasteiger charge is -2.37. The first-order chi connectivity index (χ1) is 14.3. The van der Waals surface area contributed by atoms with E-state index < -0.39 is 36.6 Å². The van der Waals surface area contributed by atoms with Gasteiger partial charge in [0, 0.05) is 12.5 Å². The van der Waals surface area contributed by atoms with Gasteiger partial charge in [0.05, 0.1) is 5.92 Å². The second kappa shape index (κ2) is 7.66. The number of amides is 1. The fourth-order valence-corrected chi connectivity index (χ4v) is 4.39. The van der Waals surface area contributed by atoms with Crippen molar-refractivity contribution >= 4 is 12.1 Å². The molecular weight excluding hydrogens is 399 g/mol. The molecule has 0 radical (unpaired) electrons. The number of ether oxygens (including phenoxy) is 1. The van der Waals surface area contributed by atoms with E-state index in [1.165, 1.54) is 0 Å². The second-order valence-electron chi connectivity index (χ2n) is 7.61. The molecule has 1 aliphatic carbocycles. The molecule has 0 saturated carbocycles. The molecule has 2 aromatic rings. The molecule has 2 atom stereocenters. The van der Waals surface area contributed by atoms with E-state index in [-0.39, 0.29) is 25.5 Å². The van der Waals surface area contributed by atoms with Crippen LogP contribution in [0.25, 0.3) is 11.1 Å². The molecule has 0 aromatic heterocycles. The number of benzene rings is 2. The fraction of sp³-hybridized carbons (Fsp3) is 0.364. The number of fused-ring (bicyclic) bond motifs is 3. The number of alkyl halides is 3. The number of aliphatic carboxylic acids is 1. The minimum atomic E-state index is -4.49. The van der Waals surface area contributed by atoms with Gasteiger partial charge in [-0.2, -0.15) is 13.2 Å². The maximum absolute atomic E-state index is 13.0. The van der Waals surface area contributed by atoms with Crippen LogP contribution in [0.1, 0.15) is 29.9 Å². The summed E-state index contributed by atoms with van der Waals surface area (Å²) in [5, 5.41) is 9.36.